The molecule has 1 saturated carbocycles. The van der Waals surface area contributed by atoms with Crippen LogP contribution in [0.25, 0.3) is 0 Å². The van der Waals surface area contributed by atoms with E-state index < -0.39 is 0 Å². The molecule has 1 aliphatic carbocycles. The highest BCUT2D eigenvalue weighted by atomic mass is 16.3. The minimum Gasteiger partial charge on any atom is -0.395 e. The highest BCUT2D eigenvalue weighted by Crippen LogP contribution is 2.37. The predicted molar refractivity (Wildman–Crippen MR) is 68.3 cm³/mol. The van der Waals surface area contributed by atoms with Gasteiger partial charge in [-0.1, -0.05) is 27.2 Å². The molecular formula is C13H28N2O. The van der Waals surface area contributed by atoms with Crippen LogP contribution in [-0.4, -0.2) is 42.3 Å². The first kappa shape index (κ1) is 13.9. The first-order chi connectivity index (χ1) is 7.51. The maximum absolute atomic E-state index is 8.99. The lowest BCUT2D eigenvalue weighted by atomic mass is 9.68. The van der Waals surface area contributed by atoms with Gasteiger partial charge in [0.1, 0.15) is 0 Å². The number of likely N-dealkylation sites (N-methyl/N-ethyl adjacent to an activating group) is 1. The van der Waals surface area contributed by atoms with Crippen LogP contribution in [0.5, 0.6) is 0 Å². The Balaban J connectivity index is 2.52. The first-order valence-electron chi connectivity index (χ1n) is 6.60. The Morgan fingerprint density at radius 2 is 2.12 bits per heavy atom. The van der Waals surface area contributed by atoms with Crippen LogP contribution in [0.4, 0.5) is 0 Å². The van der Waals surface area contributed by atoms with E-state index in [1.54, 1.807) is 0 Å². The number of hydrogen-bond acceptors (Lipinski definition) is 3. The summed E-state index contributed by atoms with van der Waals surface area (Å²) in [6.45, 7) is 9.79. The molecule has 96 valence electrons. The van der Waals surface area contributed by atoms with Gasteiger partial charge in [-0.15, -0.1) is 0 Å². The molecule has 1 fully saturated rings. The zero-order valence-electron chi connectivity index (χ0n) is 11.1. The van der Waals surface area contributed by atoms with Gasteiger partial charge in [0.15, 0.2) is 0 Å². The number of nitrogens with two attached hydrogens (primary N) is 1. The Morgan fingerprint density at radius 3 is 2.69 bits per heavy atom. The molecule has 0 aromatic rings. The molecule has 0 amide bonds. The van der Waals surface area contributed by atoms with Gasteiger partial charge in [-0.3, -0.25) is 0 Å². The lowest BCUT2D eigenvalue weighted by molar-refractivity contribution is 0.0957. The average Bonchev–Trinajstić information content (AvgIpc) is 2.24. The molecule has 3 heteroatoms. The molecule has 2 unspecified atom stereocenters. The summed E-state index contributed by atoms with van der Waals surface area (Å²) in [5.41, 5.74) is 6.65. The van der Waals surface area contributed by atoms with Gasteiger partial charge in [0.25, 0.3) is 0 Å². The van der Waals surface area contributed by atoms with Crippen molar-refractivity contribution in [1.82, 2.24) is 4.90 Å². The number of rotatable bonds is 5. The second-order valence-electron chi connectivity index (χ2n) is 5.78. The number of hydrogen-bond donors (Lipinski definition) is 2. The summed E-state index contributed by atoms with van der Waals surface area (Å²) in [6, 6.07) is 0.300. The summed E-state index contributed by atoms with van der Waals surface area (Å²) in [5, 5.41) is 8.99. The summed E-state index contributed by atoms with van der Waals surface area (Å²) in [6.07, 6.45) is 3.78. The zero-order chi connectivity index (χ0) is 12.2. The van der Waals surface area contributed by atoms with Crippen LogP contribution in [0.15, 0.2) is 0 Å². The van der Waals surface area contributed by atoms with Crippen LogP contribution in [0.1, 0.15) is 40.0 Å². The van der Waals surface area contributed by atoms with Gasteiger partial charge in [0, 0.05) is 19.1 Å². The molecule has 2 atom stereocenters. The number of nitrogens with zero attached hydrogens (tertiary/aromatic N) is 1. The van der Waals surface area contributed by atoms with Crippen LogP contribution in [0.3, 0.4) is 0 Å². The Bertz CT molecular complexity index is 206. The van der Waals surface area contributed by atoms with Gasteiger partial charge in [-0.05, 0) is 30.7 Å². The summed E-state index contributed by atoms with van der Waals surface area (Å²) in [7, 11) is 0. The van der Waals surface area contributed by atoms with Crippen molar-refractivity contribution in [2.75, 3.05) is 26.2 Å². The molecule has 0 aromatic heterocycles. The third-order valence-electron chi connectivity index (χ3n) is 4.16. The molecule has 3 N–H and O–H groups in total. The standard InChI is InChI=1S/C13H28N2O/c1-4-15(8-9-16)10-11-6-5-7-13(2,3)12(11)14/h11-12,16H,4-10,14H2,1-3H3. The van der Waals surface area contributed by atoms with E-state index in [9.17, 15) is 0 Å². The highest BCUT2D eigenvalue weighted by molar-refractivity contribution is 4.92. The third kappa shape index (κ3) is 3.44. The van der Waals surface area contributed by atoms with Crippen LogP contribution in [0, 0.1) is 11.3 Å². The van der Waals surface area contributed by atoms with Crippen molar-refractivity contribution >= 4 is 0 Å². The molecule has 0 aliphatic heterocycles. The monoisotopic (exact) mass is 228 g/mol. The van der Waals surface area contributed by atoms with Crippen LogP contribution in [-0.2, 0) is 0 Å². The maximum atomic E-state index is 8.99. The van der Waals surface area contributed by atoms with Gasteiger partial charge in [-0.25, -0.2) is 0 Å². The molecule has 16 heavy (non-hydrogen) atoms. The zero-order valence-corrected chi connectivity index (χ0v) is 11.1. The van der Waals surface area contributed by atoms with Gasteiger partial charge in [0.2, 0.25) is 0 Å². The normalized spacial score (nSPS) is 29.6. The fourth-order valence-electron chi connectivity index (χ4n) is 2.86. The quantitative estimate of drug-likeness (QED) is 0.749. The van der Waals surface area contributed by atoms with Crippen molar-refractivity contribution in [1.29, 1.82) is 0 Å². The van der Waals surface area contributed by atoms with Crippen molar-refractivity contribution in [2.24, 2.45) is 17.1 Å². The molecule has 0 spiro atoms. The fourth-order valence-corrected chi connectivity index (χ4v) is 2.86. The Hall–Kier alpha value is -0.120. The Kier molecular flexibility index (Phi) is 5.22. The van der Waals surface area contributed by atoms with Crippen LogP contribution in [0.2, 0.25) is 0 Å². The van der Waals surface area contributed by atoms with E-state index in [1.807, 2.05) is 0 Å². The third-order valence-corrected chi connectivity index (χ3v) is 4.16. The van der Waals surface area contributed by atoms with E-state index in [0.29, 0.717) is 12.0 Å². The second kappa shape index (κ2) is 5.99. The van der Waals surface area contributed by atoms with Gasteiger partial charge in [0.05, 0.1) is 6.61 Å². The minimum atomic E-state index is 0.249. The topological polar surface area (TPSA) is 49.5 Å². The van der Waals surface area contributed by atoms with Gasteiger partial charge in [-0.2, -0.15) is 0 Å². The van der Waals surface area contributed by atoms with Crippen LogP contribution < -0.4 is 5.73 Å². The van der Waals surface area contributed by atoms with Crippen molar-refractivity contribution in [3.8, 4) is 0 Å². The molecule has 1 rings (SSSR count). The largest absolute Gasteiger partial charge is 0.395 e. The SMILES string of the molecule is CCN(CCO)CC1CCCC(C)(C)C1N. The van der Waals surface area contributed by atoms with Crippen molar-refractivity contribution in [2.45, 2.75) is 46.1 Å². The number of aliphatic hydroxyl groups is 1. The van der Waals surface area contributed by atoms with Crippen LogP contribution >= 0.6 is 0 Å². The molecule has 1 aliphatic rings. The Morgan fingerprint density at radius 1 is 1.44 bits per heavy atom. The van der Waals surface area contributed by atoms with E-state index in [-0.39, 0.29) is 12.0 Å². The number of aliphatic hydroxyl groups excluding tert-OH is 1. The van der Waals surface area contributed by atoms with E-state index in [1.165, 1.54) is 19.3 Å². The van der Waals surface area contributed by atoms with Gasteiger partial charge >= 0.3 is 0 Å². The first-order valence-corrected chi connectivity index (χ1v) is 6.60. The van der Waals surface area contributed by atoms with E-state index >= 15 is 0 Å². The van der Waals surface area contributed by atoms with E-state index in [2.05, 4.69) is 25.7 Å². The van der Waals surface area contributed by atoms with Gasteiger partial charge < -0.3 is 15.7 Å². The molecule has 0 aromatic carbocycles. The van der Waals surface area contributed by atoms with E-state index in [0.717, 1.165) is 19.6 Å². The van der Waals surface area contributed by atoms with E-state index in [4.69, 9.17) is 10.8 Å². The average molecular weight is 228 g/mol. The fraction of sp³-hybridized carbons (Fsp3) is 1.00. The summed E-state index contributed by atoms with van der Waals surface area (Å²) >= 11 is 0. The second-order valence-corrected chi connectivity index (χ2v) is 5.78. The smallest absolute Gasteiger partial charge is 0.0558 e. The minimum absolute atomic E-state index is 0.249. The molecule has 0 saturated heterocycles. The molecule has 0 heterocycles. The lowest BCUT2D eigenvalue weighted by Crippen LogP contribution is -2.50. The maximum Gasteiger partial charge on any atom is 0.0558 e. The molecular weight excluding hydrogens is 200 g/mol. The van der Waals surface area contributed by atoms with Crippen molar-refractivity contribution < 1.29 is 5.11 Å². The van der Waals surface area contributed by atoms with Crippen molar-refractivity contribution in [3.63, 3.8) is 0 Å². The lowest BCUT2D eigenvalue weighted by Gasteiger charge is -2.43. The summed E-state index contributed by atoms with van der Waals surface area (Å²) < 4.78 is 0. The van der Waals surface area contributed by atoms with Crippen molar-refractivity contribution in [3.05, 3.63) is 0 Å². The molecule has 0 bridgehead atoms. The molecule has 0 radical (unpaired) electrons. The molecule has 3 nitrogen and oxygen atoms in total. The highest BCUT2D eigenvalue weighted by Gasteiger charge is 2.36. The summed E-state index contributed by atoms with van der Waals surface area (Å²) in [5.74, 6) is 0.593. The summed E-state index contributed by atoms with van der Waals surface area (Å²) in [4.78, 5) is 2.31. The Labute approximate surface area is 100 Å². The predicted octanol–water partition coefficient (Wildman–Crippen LogP) is 1.45.